The summed E-state index contributed by atoms with van der Waals surface area (Å²) in [5.41, 5.74) is 0.291. The van der Waals surface area contributed by atoms with Crippen LogP contribution in [0.4, 0.5) is 14.6 Å². The van der Waals surface area contributed by atoms with Gasteiger partial charge in [-0.15, -0.1) is 0 Å². The average molecular weight is 523 g/mol. The molecule has 6 nitrogen and oxygen atoms in total. The van der Waals surface area contributed by atoms with Crippen LogP contribution in [0.15, 0.2) is 69.7 Å². The van der Waals surface area contributed by atoms with Crippen LogP contribution in [-0.4, -0.2) is 15.7 Å². The van der Waals surface area contributed by atoms with Gasteiger partial charge in [0, 0.05) is 16.8 Å². The quantitative estimate of drug-likeness (QED) is 0.321. The van der Waals surface area contributed by atoms with E-state index in [1.807, 2.05) is 0 Å². The third kappa shape index (κ3) is 5.17. The number of amides is 1. The number of hydrogen-bond acceptors (Lipinski definition) is 4. The molecule has 1 amide bonds. The fourth-order valence-corrected chi connectivity index (χ4v) is 3.48. The van der Waals surface area contributed by atoms with Gasteiger partial charge in [-0.1, -0.05) is 17.7 Å². The number of aromatic nitrogens is 2. The number of benzene rings is 2. The molecule has 4 aromatic rings. The standard InChI is InChI=1S/C22H15BrClF2N3O3/c23-17-11-29(10-16-18(24)2-1-3-19(16)26)28-21(17)27-22(30)20-9-8-15(32-20)12-31-14-6-4-13(25)5-7-14/h1-9,11H,10,12H2,(H,27,28,30). The zero-order valence-electron chi connectivity index (χ0n) is 16.3. The largest absolute Gasteiger partial charge is 0.486 e. The second-order valence-corrected chi connectivity index (χ2v) is 7.95. The van der Waals surface area contributed by atoms with Gasteiger partial charge in [-0.05, 0) is 64.5 Å². The highest BCUT2D eigenvalue weighted by atomic mass is 79.9. The number of hydrogen-bond donors (Lipinski definition) is 1. The van der Waals surface area contributed by atoms with Gasteiger partial charge >= 0.3 is 0 Å². The van der Waals surface area contributed by atoms with Gasteiger partial charge in [0.2, 0.25) is 0 Å². The Bertz CT molecular complexity index is 1240. The topological polar surface area (TPSA) is 69.3 Å². The summed E-state index contributed by atoms with van der Waals surface area (Å²) < 4.78 is 39.9. The molecule has 4 rings (SSSR count). The first kappa shape index (κ1) is 22.0. The Morgan fingerprint density at radius 1 is 1.16 bits per heavy atom. The molecule has 0 spiro atoms. The number of carbonyl (C=O) groups is 1. The smallest absolute Gasteiger partial charge is 0.292 e. The predicted octanol–water partition coefficient (Wildman–Crippen LogP) is 6.05. The summed E-state index contributed by atoms with van der Waals surface area (Å²) >= 11 is 9.39. The Morgan fingerprint density at radius 2 is 1.94 bits per heavy atom. The van der Waals surface area contributed by atoms with Crippen LogP contribution in [0.5, 0.6) is 5.75 Å². The Kier molecular flexibility index (Phi) is 6.57. The second kappa shape index (κ2) is 9.54. The van der Waals surface area contributed by atoms with Crippen LogP contribution < -0.4 is 10.1 Å². The van der Waals surface area contributed by atoms with Crippen LogP contribution in [0.25, 0.3) is 0 Å². The van der Waals surface area contributed by atoms with Crippen LogP contribution in [0.2, 0.25) is 5.02 Å². The molecule has 2 aromatic carbocycles. The molecule has 0 aliphatic carbocycles. The first-order chi connectivity index (χ1) is 15.4. The van der Waals surface area contributed by atoms with E-state index in [0.29, 0.717) is 21.5 Å². The third-order valence-electron chi connectivity index (χ3n) is 4.41. The molecule has 0 aliphatic rings. The molecular weight excluding hydrogens is 508 g/mol. The lowest BCUT2D eigenvalue weighted by Crippen LogP contribution is -2.12. The Labute approximate surface area is 194 Å². The van der Waals surface area contributed by atoms with Crippen LogP contribution in [0, 0.1) is 11.6 Å². The summed E-state index contributed by atoms with van der Waals surface area (Å²) in [7, 11) is 0. The first-order valence-electron chi connectivity index (χ1n) is 9.33. The number of ether oxygens (including phenoxy) is 1. The average Bonchev–Trinajstić information content (AvgIpc) is 3.37. The molecule has 0 unspecified atom stereocenters. The van der Waals surface area contributed by atoms with Gasteiger partial charge in [0.25, 0.3) is 5.91 Å². The summed E-state index contributed by atoms with van der Waals surface area (Å²) in [6.45, 7) is 0.159. The predicted molar refractivity (Wildman–Crippen MR) is 118 cm³/mol. The number of rotatable bonds is 7. The monoisotopic (exact) mass is 521 g/mol. The molecular formula is C22H15BrClF2N3O3. The first-order valence-corrected chi connectivity index (χ1v) is 10.5. The molecule has 2 heterocycles. The Hall–Kier alpha value is -3.17. The summed E-state index contributed by atoms with van der Waals surface area (Å²) in [4.78, 5) is 12.5. The molecule has 0 saturated heterocycles. The maximum absolute atomic E-state index is 14.0. The molecule has 0 atom stereocenters. The number of nitrogens with one attached hydrogen (secondary N) is 1. The highest BCUT2D eigenvalue weighted by Crippen LogP contribution is 2.25. The second-order valence-electron chi connectivity index (χ2n) is 6.69. The zero-order chi connectivity index (χ0) is 22.7. The molecule has 0 aliphatic heterocycles. The van der Waals surface area contributed by atoms with E-state index in [9.17, 15) is 13.6 Å². The highest BCUT2D eigenvalue weighted by Gasteiger charge is 2.17. The van der Waals surface area contributed by atoms with Crippen molar-refractivity contribution in [2.75, 3.05) is 5.32 Å². The minimum Gasteiger partial charge on any atom is -0.486 e. The van der Waals surface area contributed by atoms with Gasteiger partial charge in [-0.3, -0.25) is 9.48 Å². The van der Waals surface area contributed by atoms with Crippen molar-refractivity contribution in [2.24, 2.45) is 0 Å². The van der Waals surface area contributed by atoms with Gasteiger partial charge in [0.05, 0.1) is 11.0 Å². The molecule has 0 bridgehead atoms. The molecule has 2 aromatic heterocycles. The minimum absolute atomic E-state index is 0.0568. The van der Waals surface area contributed by atoms with E-state index in [0.717, 1.165) is 0 Å². The fourth-order valence-electron chi connectivity index (χ4n) is 2.84. The van der Waals surface area contributed by atoms with E-state index >= 15 is 0 Å². The highest BCUT2D eigenvalue weighted by molar-refractivity contribution is 9.10. The molecule has 0 fully saturated rings. The van der Waals surface area contributed by atoms with Gasteiger partial charge in [-0.25, -0.2) is 8.78 Å². The van der Waals surface area contributed by atoms with Gasteiger partial charge in [0.1, 0.15) is 29.8 Å². The van der Waals surface area contributed by atoms with Crippen LogP contribution in [-0.2, 0) is 13.2 Å². The zero-order valence-corrected chi connectivity index (χ0v) is 18.7. The lowest BCUT2D eigenvalue weighted by Gasteiger charge is -2.06. The van der Waals surface area contributed by atoms with Gasteiger partial charge < -0.3 is 14.5 Å². The van der Waals surface area contributed by atoms with E-state index in [-0.39, 0.29) is 35.6 Å². The van der Waals surface area contributed by atoms with Crippen LogP contribution in [0.3, 0.4) is 0 Å². The lowest BCUT2D eigenvalue weighted by atomic mass is 10.2. The normalized spacial score (nSPS) is 10.9. The van der Waals surface area contributed by atoms with E-state index < -0.39 is 11.7 Å². The number of furan rings is 1. The van der Waals surface area contributed by atoms with Crippen molar-refractivity contribution in [1.82, 2.24) is 9.78 Å². The van der Waals surface area contributed by atoms with Crippen molar-refractivity contribution < 1.29 is 22.7 Å². The molecule has 10 heteroatoms. The molecule has 0 radical (unpaired) electrons. The van der Waals surface area contributed by atoms with E-state index in [1.54, 1.807) is 18.3 Å². The summed E-state index contributed by atoms with van der Waals surface area (Å²) in [5.74, 6) is -0.144. The van der Waals surface area contributed by atoms with Crippen molar-refractivity contribution in [3.05, 3.63) is 99.0 Å². The van der Waals surface area contributed by atoms with Crippen molar-refractivity contribution in [2.45, 2.75) is 13.2 Å². The molecule has 1 N–H and O–H groups in total. The van der Waals surface area contributed by atoms with E-state index in [1.165, 1.54) is 47.1 Å². The Balaban J connectivity index is 1.39. The fraction of sp³-hybridized carbons (Fsp3) is 0.0909. The number of carbonyl (C=O) groups excluding carboxylic acids is 1. The third-order valence-corrected chi connectivity index (χ3v) is 5.35. The van der Waals surface area contributed by atoms with Crippen molar-refractivity contribution in [1.29, 1.82) is 0 Å². The summed E-state index contributed by atoms with van der Waals surface area (Å²) in [6, 6.07) is 13.1. The molecule has 0 saturated carbocycles. The Morgan fingerprint density at radius 3 is 2.69 bits per heavy atom. The number of nitrogens with zero attached hydrogens (tertiary/aromatic N) is 2. The lowest BCUT2D eigenvalue weighted by molar-refractivity contribution is 0.0992. The molecule has 32 heavy (non-hydrogen) atoms. The van der Waals surface area contributed by atoms with Crippen LogP contribution >= 0.6 is 27.5 Å². The summed E-state index contributed by atoms with van der Waals surface area (Å²) in [5, 5.41) is 7.18. The van der Waals surface area contributed by atoms with E-state index in [4.69, 9.17) is 20.8 Å². The van der Waals surface area contributed by atoms with Gasteiger partial charge in [-0.2, -0.15) is 5.10 Å². The number of anilines is 1. The summed E-state index contributed by atoms with van der Waals surface area (Å²) in [6.07, 6.45) is 1.60. The maximum atomic E-state index is 14.0. The number of halogens is 4. The maximum Gasteiger partial charge on any atom is 0.292 e. The van der Waals surface area contributed by atoms with E-state index in [2.05, 4.69) is 26.3 Å². The van der Waals surface area contributed by atoms with Crippen molar-refractivity contribution in [3.63, 3.8) is 0 Å². The minimum atomic E-state index is -0.520. The van der Waals surface area contributed by atoms with Crippen molar-refractivity contribution in [3.8, 4) is 5.75 Å². The van der Waals surface area contributed by atoms with Gasteiger partial charge in [0.15, 0.2) is 11.6 Å². The van der Waals surface area contributed by atoms with Crippen molar-refractivity contribution >= 4 is 39.3 Å². The molecule has 164 valence electrons. The SMILES string of the molecule is O=C(Nc1nn(Cc2c(F)cccc2Cl)cc1Br)c1ccc(COc2ccc(F)cc2)o1. The van der Waals surface area contributed by atoms with Crippen LogP contribution in [0.1, 0.15) is 21.9 Å².